The summed E-state index contributed by atoms with van der Waals surface area (Å²) in [5, 5.41) is 2.93. The van der Waals surface area contributed by atoms with Gasteiger partial charge in [0.05, 0.1) is 12.4 Å². The van der Waals surface area contributed by atoms with Gasteiger partial charge in [-0.05, 0) is 26.7 Å². The van der Waals surface area contributed by atoms with Gasteiger partial charge in [0.2, 0.25) is 16.0 Å². The van der Waals surface area contributed by atoms with Crippen LogP contribution in [0.3, 0.4) is 0 Å². The van der Waals surface area contributed by atoms with Crippen LogP contribution in [0.4, 0.5) is 5.95 Å². The monoisotopic (exact) mass is 284 g/mol. The first-order valence-electron chi connectivity index (χ1n) is 6.55. The first-order valence-corrected chi connectivity index (χ1v) is 8.03. The lowest BCUT2D eigenvalue weighted by Gasteiger charge is -2.24. The summed E-state index contributed by atoms with van der Waals surface area (Å²) in [6, 6.07) is 0. The maximum absolute atomic E-state index is 12.3. The molecule has 0 aromatic carbocycles. The minimum atomic E-state index is -3.54. The number of sulfonamides is 1. The molecule has 2 rings (SSSR count). The van der Waals surface area contributed by atoms with Gasteiger partial charge in [0.15, 0.2) is 0 Å². The molecule has 106 valence electrons. The lowest BCUT2D eigenvalue weighted by atomic mass is 10.0. The molecule has 6 nitrogen and oxygen atoms in total. The van der Waals surface area contributed by atoms with Crippen LogP contribution in [-0.4, -0.2) is 30.5 Å². The van der Waals surface area contributed by atoms with Crippen molar-refractivity contribution in [2.75, 3.05) is 11.9 Å². The van der Waals surface area contributed by atoms with Crippen molar-refractivity contribution in [2.45, 2.75) is 50.0 Å². The molecule has 7 heteroatoms. The van der Waals surface area contributed by atoms with Crippen LogP contribution in [0.25, 0.3) is 0 Å². The van der Waals surface area contributed by atoms with Crippen LogP contribution in [0.1, 0.15) is 39.5 Å². The van der Waals surface area contributed by atoms with Gasteiger partial charge in [-0.3, -0.25) is 0 Å². The Bertz CT molecular complexity index is 521. The van der Waals surface area contributed by atoms with Gasteiger partial charge in [-0.15, -0.1) is 0 Å². The number of aromatic nitrogens is 2. The molecular formula is C12H20N4O2S. The van der Waals surface area contributed by atoms with E-state index in [1.54, 1.807) is 0 Å². The van der Waals surface area contributed by atoms with Crippen LogP contribution in [0.5, 0.6) is 0 Å². The highest BCUT2D eigenvalue weighted by molar-refractivity contribution is 7.89. The fourth-order valence-corrected chi connectivity index (χ4v) is 3.70. The van der Waals surface area contributed by atoms with Crippen molar-refractivity contribution < 1.29 is 8.42 Å². The summed E-state index contributed by atoms with van der Waals surface area (Å²) in [6.45, 7) is 4.57. The average Bonchev–Trinajstić information content (AvgIpc) is 2.76. The molecule has 0 unspecified atom stereocenters. The van der Waals surface area contributed by atoms with Gasteiger partial charge in [0.25, 0.3) is 0 Å². The van der Waals surface area contributed by atoms with E-state index in [1.807, 2.05) is 13.8 Å². The number of rotatable bonds is 5. The van der Waals surface area contributed by atoms with Crippen LogP contribution in [0.2, 0.25) is 0 Å². The third-order valence-corrected chi connectivity index (χ3v) is 4.95. The molecule has 1 aliphatic rings. The maximum Gasteiger partial charge on any atom is 0.244 e. The van der Waals surface area contributed by atoms with Crippen LogP contribution in [-0.2, 0) is 10.0 Å². The van der Waals surface area contributed by atoms with Gasteiger partial charge in [-0.2, -0.15) is 0 Å². The SMILES string of the molecule is CCNc1ncc(S(=O)(=O)NC2(C)CCCC2)cn1. The summed E-state index contributed by atoms with van der Waals surface area (Å²) in [6.07, 6.45) is 6.56. The van der Waals surface area contributed by atoms with Gasteiger partial charge < -0.3 is 5.32 Å². The Kier molecular flexibility index (Phi) is 4.05. The van der Waals surface area contributed by atoms with Crippen LogP contribution in [0.15, 0.2) is 17.3 Å². The van der Waals surface area contributed by atoms with Gasteiger partial charge >= 0.3 is 0 Å². The first kappa shape index (κ1) is 14.2. The van der Waals surface area contributed by atoms with Crippen LogP contribution < -0.4 is 10.0 Å². The third kappa shape index (κ3) is 3.42. The second kappa shape index (κ2) is 5.42. The van der Waals surface area contributed by atoms with Crippen molar-refractivity contribution in [3.8, 4) is 0 Å². The summed E-state index contributed by atoms with van der Waals surface area (Å²) in [7, 11) is -3.54. The van der Waals surface area contributed by atoms with E-state index >= 15 is 0 Å². The van der Waals surface area contributed by atoms with E-state index in [-0.39, 0.29) is 10.4 Å². The predicted octanol–water partition coefficient (Wildman–Crippen LogP) is 1.52. The van der Waals surface area contributed by atoms with E-state index < -0.39 is 10.0 Å². The van der Waals surface area contributed by atoms with E-state index in [4.69, 9.17) is 0 Å². The summed E-state index contributed by atoms with van der Waals surface area (Å²) < 4.78 is 27.3. The quantitative estimate of drug-likeness (QED) is 0.856. The van der Waals surface area contributed by atoms with E-state index in [2.05, 4.69) is 20.0 Å². The fraction of sp³-hybridized carbons (Fsp3) is 0.667. The number of hydrogen-bond donors (Lipinski definition) is 2. The fourth-order valence-electron chi connectivity index (χ4n) is 2.35. The van der Waals surface area contributed by atoms with Crippen molar-refractivity contribution >= 4 is 16.0 Å². The van der Waals surface area contributed by atoms with Crippen molar-refractivity contribution in [1.29, 1.82) is 0 Å². The van der Waals surface area contributed by atoms with Gasteiger partial charge in [-0.25, -0.2) is 23.1 Å². The normalized spacial score (nSPS) is 18.4. The molecule has 1 fully saturated rings. The Morgan fingerprint density at radius 3 is 2.37 bits per heavy atom. The standard InChI is InChI=1S/C12H20N4O2S/c1-3-13-11-14-8-10(9-15-11)19(17,18)16-12(2)6-4-5-7-12/h8-9,16H,3-7H2,1-2H3,(H,13,14,15). The van der Waals surface area contributed by atoms with Crippen molar-refractivity contribution in [3.63, 3.8) is 0 Å². The van der Waals surface area contributed by atoms with Gasteiger partial charge in [-0.1, -0.05) is 12.8 Å². The highest BCUT2D eigenvalue weighted by Gasteiger charge is 2.33. The largest absolute Gasteiger partial charge is 0.355 e. The molecule has 19 heavy (non-hydrogen) atoms. The summed E-state index contributed by atoms with van der Waals surface area (Å²) >= 11 is 0. The van der Waals surface area contributed by atoms with E-state index in [1.165, 1.54) is 12.4 Å². The zero-order chi connectivity index (χ0) is 13.9. The Morgan fingerprint density at radius 1 is 1.26 bits per heavy atom. The molecule has 0 atom stereocenters. The zero-order valence-electron chi connectivity index (χ0n) is 11.3. The van der Waals surface area contributed by atoms with E-state index in [9.17, 15) is 8.42 Å². The molecular weight excluding hydrogens is 264 g/mol. The third-order valence-electron chi connectivity index (χ3n) is 3.36. The van der Waals surface area contributed by atoms with Gasteiger partial charge in [0.1, 0.15) is 4.90 Å². The summed E-state index contributed by atoms with van der Waals surface area (Å²) in [5.41, 5.74) is -0.334. The van der Waals surface area contributed by atoms with Crippen LogP contribution >= 0.6 is 0 Å². The first-order chi connectivity index (χ1) is 8.95. The van der Waals surface area contributed by atoms with Gasteiger partial charge in [0, 0.05) is 12.1 Å². The molecule has 0 saturated heterocycles. The predicted molar refractivity (Wildman–Crippen MR) is 73.4 cm³/mol. The molecule has 1 aliphatic carbocycles. The number of hydrogen-bond acceptors (Lipinski definition) is 5. The highest BCUT2D eigenvalue weighted by atomic mass is 32.2. The second-order valence-corrected chi connectivity index (χ2v) is 6.83. The molecule has 1 saturated carbocycles. The molecule has 0 spiro atoms. The molecule has 1 aromatic heterocycles. The van der Waals surface area contributed by atoms with Crippen LogP contribution in [0, 0.1) is 0 Å². The smallest absolute Gasteiger partial charge is 0.244 e. The molecule has 1 aromatic rings. The molecule has 0 radical (unpaired) electrons. The minimum Gasteiger partial charge on any atom is -0.355 e. The Morgan fingerprint density at radius 2 is 1.84 bits per heavy atom. The molecule has 2 N–H and O–H groups in total. The van der Waals surface area contributed by atoms with Crippen molar-refractivity contribution in [2.24, 2.45) is 0 Å². The zero-order valence-corrected chi connectivity index (χ0v) is 12.1. The van der Waals surface area contributed by atoms with E-state index in [0.717, 1.165) is 25.7 Å². The number of nitrogens with one attached hydrogen (secondary N) is 2. The topological polar surface area (TPSA) is 84.0 Å². The van der Waals surface area contributed by atoms with Crippen molar-refractivity contribution in [1.82, 2.24) is 14.7 Å². The average molecular weight is 284 g/mol. The van der Waals surface area contributed by atoms with Crippen molar-refractivity contribution in [3.05, 3.63) is 12.4 Å². The molecule has 0 bridgehead atoms. The summed E-state index contributed by atoms with van der Waals surface area (Å²) in [5.74, 6) is 0.438. The number of anilines is 1. The molecule has 0 amide bonds. The molecule has 1 heterocycles. The lowest BCUT2D eigenvalue weighted by Crippen LogP contribution is -2.43. The highest BCUT2D eigenvalue weighted by Crippen LogP contribution is 2.30. The summed E-state index contributed by atoms with van der Waals surface area (Å²) in [4.78, 5) is 8.09. The number of nitrogens with zero attached hydrogens (tertiary/aromatic N) is 2. The minimum absolute atomic E-state index is 0.113. The Balaban J connectivity index is 2.15. The van der Waals surface area contributed by atoms with E-state index in [0.29, 0.717) is 12.5 Å². The molecule has 0 aliphatic heterocycles. The lowest BCUT2D eigenvalue weighted by molar-refractivity contribution is 0.427. The second-order valence-electron chi connectivity index (χ2n) is 5.15. The Labute approximate surface area is 114 Å². The maximum atomic E-state index is 12.3. The Hall–Kier alpha value is -1.21.